The van der Waals surface area contributed by atoms with Crippen molar-refractivity contribution in [3.05, 3.63) is 51.5 Å². The van der Waals surface area contributed by atoms with Crippen LogP contribution in [0.2, 0.25) is 10.8 Å². The largest absolute Gasteiger partial charge is 0.367 e. The fraction of sp³-hybridized carbons (Fsp3) is 0.333. The van der Waals surface area contributed by atoms with Gasteiger partial charge in [0.1, 0.15) is 17.0 Å². The van der Waals surface area contributed by atoms with Crippen LogP contribution >= 0.6 is 34.5 Å². The van der Waals surface area contributed by atoms with Crippen LogP contribution < -0.4 is 5.31 Å². The summed E-state index contributed by atoms with van der Waals surface area (Å²) in [5.41, 5.74) is -0.164. The van der Waals surface area contributed by atoms with Crippen molar-refractivity contribution < 1.29 is 13.7 Å². The van der Waals surface area contributed by atoms with Gasteiger partial charge in [-0.05, 0) is 36.4 Å². The first-order valence-corrected chi connectivity index (χ1v) is 8.85. The Kier molecular flexibility index (Phi) is 2.68. The predicted octanol–water partition coefficient (Wildman–Crippen LogP) is 5.07. The average molecular weight is 403 g/mol. The fourth-order valence-corrected chi connectivity index (χ4v) is 3.45. The maximum absolute atomic E-state index is 8.64. The highest BCUT2D eigenvalue weighted by atomic mass is 35.5. The van der Waals surface area contributed by atoms with Gasteiger partial charge in [-0.2, -0.15) is 0 Å². The molecule has 1 aliphatic heterocycles. The second-order valence-electron chi connectivity index (χ2n) is 5.14. The van der Waals surface area contributed by atoms with Crippen molar-refractivity contribution in [1.29, 1.82) is 0 Å². The summed E-state index contributed by atoms with van der Waals surface area (Å²) in [5, 5.41) is 0.478. The van der Waals surface area contributed by atoms with E-state index in [1.165, 1.54) is 0 Å². The van der Waals surface area contributed by atoms with E-state index in [0.29, 0.717) is 10.1 Å². The summed E-state index contributed by atoms with van der Waals surface area (Å²) in [6.07, 6.45) is -3.66. The number of rotatable bonds is 4. The predicted molar refractivity (Wildman–Crippen MR) is 106 cm³/mol. The zero-order chi connectivity index (χ0) is 26.0. The molecule has 25 heavy (non-hydrogen) atoms. The third kappa shape index (κ3) is 4.06. The minimum atomic E-state index is -2.40. The molecule has 0 saturated carbocycles. The number of aromatic nitrogens is 2. The number of nitrogens with one attached hydrogen (secondary N) is 1. The van der Waals surface area contributed by atoms with E-state index in [1.807, 2.05) is 0 Å². The third-order valence-corrected chi connectivity index (χ3v) is 4.73. The normalized spacial score (nSPS) is 27.4. The van der Waals surface area contributed by atoms with Crippen LogP contribution in [0.4, 0.5) is 5.82 Å². The van der Waals surface area contributed by atoms with E-state index < -0.39 is 44.4 Å². The Morgan fingerprint density at radius 2 is 2.20 bits per heavy atom. The molecule has 4 nitrogen and oxygen atoms in total. The lowest BCUT2D eigenvalue weighted by atomic mass is 10.0. The molecule has 1 atom stereocenters. The first kappa shape index (κ1) is 9.00. The molecule has 4 rings (SSSR count). The second-order valence-corrected chi connectivity index (χ2v) is 7.12. The van der Waals surface area contributed by atoms with E-state index in [2.05, 4.69) is 9.97 Å². The lowest BCUT2D eigenvalue weighted by Crippen LogP contribution is -2.38. The molecule has 3 heterocycles. The Morgan fingerprint density at radius 3 is 3.04 bits per heavy atom. The summed E-state index contributed by atoms with van der Waals surface area (Å²) < 4.78 is 84.0. The van der Waals surface area contributed by atoms with E-state index in [0.717, 1.165) is 28.6 Å². The molecule has 0 aliphatic carbocycles. The molecule has 1 unspecified atom stereocenters. The number of piperidine rings is 1. The van der Waals surface area contributed by atoms with Gasteiger partial charge in [-0.1, -0.05) is 35.3 Å². The molecule has 1 fully saturated rings. The molecule has 1 saturated heterocycles. The van der Waals surface area contributed by atoms with Crippen LogP contribution in [0.3, 0.4) is 0 Å². The summed E-state index contributed by atoms with van der Waals surface area (Å²) in [5.74, 6) is -0.156. The minimum absolute atomic E-state index is 0.114. The lowest BCUT2D eigenvalue weighted by Gasteiger charge is -2.32. The van der Waals surface area contributed by atoms with Crippen LogP contribution in [0.5, 0.6) is 0 Å². The topological polar surface area (TPSA) is 41.0 Å². The second kappa shape index (κ2) is 7.46. The van der Waals surface area contributed by atoms with E-state index in [-0.39, 0.29) is 44.3 Å². The Labute approximate surface area is 174 Å². The summed E-state index contributed by atoms with van der Waals surface area (Å²) in [6.45, 7) is -2.49. The van der Waals surface area contributed by atoms with Crippen molar-refractivity contribution in [3.63, 3.8) is 0 Å². The van der Waals surface area contributed by atoms with Crippen molar-refractivity contribution in [2.45, 2.75) is 25.3 Å². The van der Waals surface area contributed by atoms with Gasteiger partial charge in [0.05, 0.1) is 15.2 Å². The highest BCUT2D eigenvalue weighted by Crippen LogP contribution is 2.32. The third-order valence-electron chi connectivity index (χ3n) is 3.41. The van der Waals surface area contributed by atoms with Crippen LogP contribution in [0.1, 0.15) is 30.6 Å². The van der Waals surface area contributed by atoms with Gasteiger partial charge in [0.2, 0.25) is 0 Å². The molecular formula is C18H18Cl2N4S. The summed E-state index contributed by atoms with van der Waals surface area (Å²) in [4.78, 5) is 9.51. The number of likely N-dealkylation sites (tertiary alicyclic amines) is 1. The molecule has 7 heteroatoms. The van der Waals surface area contributed by atoms with Crippen molar-refractivity contribution >= 4 is 50.6 Å². The van der Waals surface area contributed by atoms with E-state index >= 15 is 0 Å². The number of fused-ring (bicyclic) bond motifs is 1. The highest BCUT2D eigenvalue weighted by Gasteiger charge is 2.20. The zero-order valence-electron chi connectivity index (χ0n) is 22.7. The van der Waals surface area contributed by atoms with E-state index in [4.69, 9.17) is 37.0 Å². The minimum Gasteiger partial charge on any atom is -0.367 e. The molecule has 130 valence electrons. The number of halogens is 2. The number of thiophene rings is 1. The van der Waals surface area contributed by atoms with Gasteiger partial charge in [-0.25, -0.2) is 9.97 Å². The zero-order valence-corrected chi connectivity index (χ0v) is 15.0. The SMILES string of the molecule is [2H]c1cc([2H])c(C([2H])N2CC([2H])([2H])C(N([2H])c3ncnc4sc(Cl)c([2H])c34)C([2H])([2H])C2)c([2H])c1Cl. The summed E-state index contributed by atoms with van der Waals surface area (Å²) in [7, 11) is 0. The number of nitrogens with zero attached hydrogens (tertiary/aromatic N) is 3. The molecule has 0 radical (unpaired) electrons. The standard InChI is InChI=1S/C18H18Cl2N4S/c19-13-3-1-2-12(8-13)10-24-6-4-14(5-7-24)23-17-15-9-16(20)25-18(15)22-11-21-17/h1-3,8-9,11,14H,4-7,10H2,(H,21,22,23)/i2D,3D,4D2,5D2,8D,9D,10D/hD. The number of hydrogen-bond acceptors (Lipinski definition) is 5. The molecule has 0 spiro atoms. The maximum Gasteiger partial charge on any atom is 0.162 e. The Morgan fingerprint density at radius 1 is 1.36 bits per heavy atom. The highest BCUT2D eigenvalue weighted by molar-refractivity contribution is 7.22. The van der Waals surface area contributed by atoms with Crippen molar-refractivity contribution in [1.82, 2.24) is 14.9 Å². The number of anilines is 1. The maximum atomic E-state index is 8.64. The van der Waals surface area contributed by atoms with Gasteiger partial charge in [-0.3, -0.25) is 4.90 Å². The van der Waals surface area contributed by atoms with Gasteiger partial charge < -0.3 is 5.31 Å². The quantitative estimate of drug-likeness (QED) is 0.660. The van der Waals surface area contributed by atoms with Crippen LogP contribution in [-0.2, 0) is 6.52 Å². The molecule has 1 N–H and O–H groups in total. The first-order valence-electron chi connectivity index (χ1n) is 12.3. The molecule has 0 amide bonds. The summed E-state index contributed by atoms with van der Waals surface area (Å²) in [6, 6.07) is -1.68. The smallest absolute Gasteiger partial charge is 0.162 e. The van der Waals surface area contributed by atoms with Crippen LogP contribution in [0.25, 0.3) is 10.2 Å². The van der Waals surface area contributed by atoms with Crippen LogP contribution in [0.15, 0.2) is 36.6 Å². The molecule has 1 aromatic carbocycles. The lowest BCUT2D eigenvalue weighted by molar-refractivity contribution is 0.211. The molecule has 1 aliphatic rings. The monoisotopic (exact) mass is 402 g/mol. The average Bonchev–Trinajstić information content (AvgIpc) is 3.04. The van der Waals surface area contributed by atoms with Gasteiger partial charge in [0.15, 0.2) is 1.41 Å². The first-order chi connectivity index (χ1) is 16.2. The van der Waals surface area contributed by atoms with Crippen LogP contribution in [-0.4, -0.2) is 34.0 Å². The number of benzene rings is 1. The van der Waals surface area contributed by atoms with Gasteiger partial charge >= 0.3 is 0 Å². The van der Waals surface area contributed by atoms with Crippen molar-refractivity contribution in [2.75, 3.05) is 18.4 Å². The Hall–Kier alpha value is -1.40. The van der Waals surface area contributed by atoms with E-state index in [9.17, 15) is 0 Å². The molecular weight excluding hydrogens is 375 g/mol. The van der Waals surface area contributed by atoms with Gasteiger partial charge in [-0.15, -0.1) is 11.3 Å². The molecule has 3 aromatic rings. The van der Waals surface area contributed by atoms with Crippen molar-refractivity contribution in [3.8, 4) is 0 Å². The summed E-state index contributed by atoms with van der Waals surface area (Å²) >= 11 is 13.0. The van der Waals surface area contributed by atoms with Gasteiger partial charge in [0, 0.05) is 37.5 Å². The molecule has 2 aromatic heterocycles. The molecule has 0 bridgehead atoms. The van der Waals surface area contributed by atoms with Gasteiger partial charge in [0.25, 0.3) is 0 Å². The number of hydrogen-bond donors (Lipinski definition) is 1. The Bertz CT molecular complexity index is 1290. The van der Waals surface area contributed by atoms with E-state index in [1.54, 1.807) is 0 Å². The van der Waals surface area contributed by atoms with Crippen LogP contribution in [0, 0.1) is 0 Å². The Balaban J connectivity index is 1.72. The van der Waals surface area contributed by atoms with Crippen molar-refractivity contribution in [2.24, 2.45) is 0 Å². The fourth-order valence-electron chi connectivity index (χ4n) is 2.31.